The SMILES string of the molecule is CC1CN(c2ccc(C(N)=S)nc2)CC1C. The standard InChI is InChI=1S/C12H17N3S/c1-8-6-15(7-9(8)2)10-3-4-11(12(13)16)14-5-10/h3-5,8-9H,6-7H2,1-2H3,(H2,13,16). The molecule has 2 rings (SSSR count). The van der Waals surface area contributed by atoms with Crippen molar-refractivity contribution >= 4 is 22.9 Å². The summed E-state index contributed by atoms with van der Waals surface area (Å²) in [6, 6.07) is 3.94. The molecule has 1 aromatic rings. The van der Waals surface area contributed by atoms with Gasteiger partial charge in [-0.2, -0.15) is 0 Å². The molecule has 1 aliphatic heterocycles. The Morgan fingerprint density at radius 1 is 1.38 bits per heavy atom. The van der Waals surface area contributed by atoms with Crippen molar-refractivity contribution in [3.63, 3.8) is 0 Å². The molecule has 0 aliphatic carbocycles. The quantitative estimate of drug-likeness (QED) is 0.794. The van der Waals surface area contributed by atoms with E-state index in [2.05, 4.69) is 23.7 Å². The Kier molecular flexibility index (Phi) is 3.10. The van der Waals surface area contributed by atoms with Crippen LogP contribution in [0.3, 0.4) is 0 Å². The van der Waals surface area contributed by atoms with E-state index in [0.29, 0.717) is 10.7 Å². The van der Waals surface area contributed by atoms with Crippen LogP contribution in [0, 0.1) is 11.8 Å². The molecular weight excluding hydrogens is 218 g/mol. The molecule has 3 nitrogen and oxygen atoms in total. The molecule has 16 heavy (non-hydrogen) atoms. The highest BCUT2D eigenvalue weighted by atomic mass is 32.1. The number of hydrogen-bond acceptors (Lipinski definition) is 3. The van der Waals surface area contributed by atoms with Crippen LogP contribution in [-0.4, -0.2) is 23.1 Å². The molecular formula is C12H17N3S. The third-order valence-corrected chi connectivity index (χ3v) is 3.56. The van der Waals surface area contributed by atoms with Crippen molar-refractivity contribution in [2.45, 2.75) is 13.8 Å². The second kappa shape index (κ2) is 4.37. The minimum Gasteiger partial charge on any atom is -0.388 e. The third-order valence-electron chi connectivity index (χ3n) is 3.35. The van der Waals surface area contributed by atoms with Gasteiger partial charge in [-0.1, -0.05) is 26.1 Å². The molecule has 2 N–H and O–H groups in total. The van der Waals surface area contributed by atoms with Crippen molar-refractivity contribution in [1.29, 1.82) is 0 Å². The van der Waals surface area contributed by atoms with Crippen LogP contribution in [0.4, 0.5) is 5.69 Å². The van der Waals surface area contributed by atoms with E-state index in [1.807, 2.05) is 18.3 Å². The first-order valence-electron chi connectivity index (χ1n) is 5.58. The predicted octanol–water partition coefficient (Wildman–Crippen LogP) is 1.81. The summed E-state index contributed by atoms with van der Waals surface area (Å²) in [4.78, 5) is 6.99. The van der Waals surface area contributed by atoms with E-state index < -0.39 is 0 Å². The van der Waals surface area contributed by atoms with Crippen molar-refractivity contribution in [2.75, 3.05) is 18.0 Å². The van der Waals surface area contributed by atoms with Crippen molar-refractivity contribution < 1.29 is 0 Å². The van der Waals surface area contributed by atoms with Gasteiger partial charge in [-0.15, -0.1) is 0 Å². The van der Waals surface area contributed by atoms with Gasteiger partial charge >= 0.3 is 0 Å². The summed E-state index contributed by atoms with van der Waals surface area (Å²) >= 11 is 4.88. The topological polar surface area (TPSA) is 42.1 Å². The molecule has 86 valence electrons. The fraction of sp³-hybridized carbons (Fsp3) is 0.500. The number of nitrogens with zero attached hydrogens (tertiary/aromatic N) is 2. The number of rotatable bonds is 2. The normalized spacial score (nSPS) is 24.8. The van der Waals surface area contributed by atoms with Crippen molar-refractivity contribution in [2.24, 2.45) is 17.6 Å². The lowest BCUT2D eigenvalue weighted by molar-refractivity contribution is 0.494. The summed E-state index contributed by atoms with van der Waals surface area (Å²) in [5, 5.41) is 0. The second-order valence-electron chi connectivity index (χ2n) is 4.63. The van der Waals surface area contributed by atoms with Crippen LogP contribution in [0.5, 0.6) is 0 Å². The first kappa shape index (κ1) is 11.3. The Morgan fingerprint density at radius 3 is 2.44 bits per heavy atom. The van der Waals surface area contributed by atoms with E-state index in [1.165, 1.54) is 0 Å². The van der Waals surface area contributed by atoms with E-state index >= 15 is 0 Å². The number of nitrogens with two attached hydrogens (primary N) is 1. The zero-order valence-electron chi connectivity index (χ0n) is 9.68. The van der Waals surface area contributed by atoms with Crippen LogP contribution in [0.1, 0.15) is 19.5 Å². The average molecular weight is 235 g/mol. The molecule has 1 saturated heterocycles. The number of thiocarbonyl (C=S) groups is 1. The smallest absolute Gasteiger partial charge is 0.122 e. The molecule has 0 amide bonds. The van der Waals surface area contributed by atoms with Crippen molar-refractivity contribution in [1.82, 2.24) is 4.98 Å². The Hall–Kier alpha value is -1.16. The zero-order chi connectivity index (χ0) is 11.7. The van der Waals surface area contributed by atoms with Crippen LogP contribution >= 0.6 is 12.2 Å². The highest BCUT2D eigenvalue weighted by molar-refractivity contribution is 7.80. The summed E-state index contributed by atoms with van der Waals surface area (Å²) in [6.45, 7) is 6.80. The van der Waals surface area contributed by atoms with Gasteiger partial charge in [0, 0.05) is 13.1 Å². The maximum absolute atomic E-state index is 5.52. The number of aromatic nitrogens is 1. The van der Waals surface area contributed by atoms with Crippen molar-refractivity contribution in [3.8, 4) is 0 Å². The Morgan fingerprint density at radius 2 is 2.00 bits per heavy atom. The highest BCUT2D eigenvalue weighted by Gasteiger charge is 2.26. The Balaban J connectivity index is 2.14. The fourth-order valence-electron chi connectivity index (χ4n) is 2.06. The minimum atomic E-state index is 0.356. The van der Waals surface area contributed by atoms with E-state index in [0.717, 1.165) is 30.6 Å². The van der Waals surface area contributed by atoms with Crippen LogP contribution in [0.25, 0.3) is 0 Å². The molecule has 0 radical (unpaired) electrons. The first-order valence-corrected chi connectivity index (χ1v) is 5.99. The van der Waals surface area contributed by atoms with Crippen LogP contribution in [0.2, 0.25) is 0 Å². The maximum Gasteiger partial charge on any atom is 0.122 e. The summed E-state index contributed by atoms with van der Waals surface area (Å²) in [6.07, 6.45) is 1.86. The largest absolute Gasteiger partial charge is 0.388 e. The van der Waals surface area contributed by atoms with Crippen molar-refractivity contribution in [3.05, 3.63) is 24.0 Å². The highest BCUT2D eigenvalue weighted by Crippen LogP contribution is 2.27. The third kappa shape index (κ3) is 2.16. The summed E-state index contributed by atoms with van der Waals surface area (Å²) in [7, 11) is 0. The minimum absolute atomic E-state index is 0.356. The molecule has 0 saturated carbocycles. The average Bonchev–Trinajstić information content (AvgIpc) is 2.59. The zero-order valence-corrected chi connectivity index (χ0v) is 10.5. The van der Waals surface area contributed by atoms with E-state index in [-0.39, 0.29) is 0 Å². The molecule has 0 bridgehead atoms. The van der Waals surface area contributed by atoms with E-state index in [9.17, 15) is 0 Å². The lowest BCUT2D eigenvalue weighted by atomic mass is 10.0. The monoisotopic (exact) mass is 235 g/mol. The first-order chi connectivity index (χ1) is 7.58. The van der Waals surface area contributed by atoms with Gasteiger partial charge in [-0.3, -0.25) is 4.98 Å². The lowest BCUT2D eigenvalue weighted by Crippen LogP contribution is -2.20. The fourth-order valence-corrected chi connectivity index (χ4v) is 2.18. The summed E-state index contributed by atoms with van der Waals surface area (Å²) in [5.41, 5.74) is 7.37. The van der Waals surface area contributed by atoms with Gasteiger partial charge in [-0.05, 0) is 24.0 Å². The molecule has 1 aromatic heterocycles. The van der Waals surface area contributed by atoms with Gasteiger partial charge in [0.2, 0.25) is 0 Å². The molecule has 4 heteroatoms. The van der Waals surface area contributed by atoms with Crippen LogP contribution in [0.15, 0.2) is 18.3 Å². The van der Waals surface area contributed by atoms with Gasteiger partial charge in [0.05, 0.1) is 17.6 Å². The predicted molar refractivity (Wildman–Crippen MR) is 70.7 cm³/mol. The Bertz CT molecular complexity index is 378. The van der Waals surface area contributed by atoms with Crippen LogP contribution < -0.4 is 10.6 Å². The lowest BCUT2D eigenvalue weighted by Gasteiger charge is -2.17. The number of anilines is 1. The molecule has 0 aromatic carbocycles. The van der Waals surface area contributed by atoms with Gasteiger partial charge in [0.25, 0.3) is 0 Å². The second-order valence-corrected chi connectivity index (χ2v) is 5.07. The van der Waals surface area contributed by atoms with E-state index in [1.54, 1.807) is 0 Å². The maximum atomic E-state index is 5.52. The molecule has 1 aliphatic rings. The summed E-state index contributed by atoms with van der Waals surface area (Å²) < 4.78 is 0. The van der Waals surface area contributed by atoms with Gasteiger partial charge in [0.15, 0.2) is 0 Å². The summed E-state index contributed by atoms with van der Waals surface area (Å²) in [5.74, 6) is 1.49. The molecule has 1 fully saturated rings. The van der Waals surface area contributed by atoms with E-state index in [4.69, 9.17) is 18.0 Å². The van der Waals surface area contributed by atoms with Gasteiger partial charge in [-0.25, -0.2) is 0 Å². The van der Waals surface area contributed by atoms with Gasteiger partial charge < -0.3 is 10.6 Å². The molecule has 2 atom stereocenters. The molecule has 2 unspecified atom stereocenters. The number of hydrogen-bond donors (Lipinski definition) is 1. The van der Waals surface area contributed by atoms with Gasteiger partial charge in [0.1, 0.15) is 4.99 Å². The molecule has 0 spiro atoms. The Labute approximate surface area is 102 Å². The molecule has 2 heterocycles. The van der Waals surface area contributed by atoms with Crippen LogP contribution in [-0.2, 0) is 0 Å². The number of pyridine rings is 1.